The van der Waals surface area contributed by atoms with Gasteiger partial charge in [-0.05, 0) is 26.7 Å². The summed E-state index contributed by atoms with van der Waals surface area (Å²) in [6, 6.07) is 0. The van der Waals surface area contributed by atoms with E-state index < -0.39 is 0 Å². The van der Waals surface area contributed by atoms with Crippen LogP contribution in [0.3, 0.4) is 0 Å². The summed E-state index contributed by atoms with van der Waals surface area (Å²) in [5.74, 6) is 0. The van der Waals surface area contributed by atoms with Crippen LogP contribution in [-0.4, -0.2) is 23.9 Å². The molecular formula is C15H32O2. The lowest BCUT2D eigenvalue weighted by Crippen LogP contribution is -2.26. The Hall–Kier alpha value is -0.0800. The number of hydrogen-bond acceptors (Lipinski definition) is 2. The molecule has 0 heterocycles. The van der Waals surface area contributed by atoms with Crippen LogP contribution in [-0.2, 0) is 4.74 Å². The maximum atomic E-state index is 8.87. The van der Waals surface area contributed by atoms with Crippen LogP contribution in [0.1, 0.15) is 78.6 Å². The molecule has 0 aliphatic heterocycles. The zero-order chi connectivity index (χ0) is 13.0. The highest BCUT2D eigenvalue weighted by Crippen LogP contribution is 2.15. The summed E-state index contributed by atoms with van der Waals surface area (Å²) in [6.07, 6.45) is 11.4. The van der Waals surface area contributed by atoms with Gasteiger partial charge in [-0.3, -0.25) is 0 Å². The van der Waals surface area contributed by atoms with Crippen molar-refractivity contribution >= 4 is 0 Å². The molecule has 0 saturated carbocycles. The van der Waals surface area contributed by atoms with E-state index in [-0.39, 0.29) is 12.2 Å². The highest BCUT2D eigenvalue weighted by Gasteiger charge is 2.16. The minimum absolute atomic E-state index is 0.157. The van der Waals surface area contributed by atoms with E-state index in [0.29, 0.717) is 0 Å². The van der Waals surface area contributed by atoms with Crippen LogP contribution < -0.4 is 0 Å². The fourth-order valence-corrected chi connectivity index (χ4v) is 1.93. The van der Waals surface area contributed by atoms with E-state index in [1.54, 1.807) is 0 Å². The molecule has 0 saturated heterocycles. The van der Waals surface area contributed by atoms with Gasteiger partial charge < -0.3 is 9.84 Å². The molecule has 0 aromatic rings. The Morgan fingerprint density at radius 3 is 1.94 bits per heavy atom. The third-order valence-electron chi connectivity index (χ3n) is 3.20. The Morgan fingerprint density at radius 2 is 1.41 bits per heavy atom. The van der Waals surface area contributed by atoms with E-state index in [2.05, 4.69) is 6.92 Å². The molecule has 0 aliphatic carbocycles. The van der Waals surface area contributed by atoms with E-state index in [4.69, 9.17) is 9.84 Å². The fraction of sp³-hybridized carbons (Fsp3) is 1.00. The van der Waals surface area contributed by atoms with Gasteiger partial charge >= 0.3 is 0 Å². The third-order valence-corrected chi connectivity index (χ3v) is 3.20. The summed E-state index contributed by atoms with van der Waals surface area (Å²) in [4.78, 5) is 0. The number of unbranched alkanes of at least 4 members (excludes halogenated alkanes) is 7. The number of rotatable bonds is 12. The van der Waals surface area contributed by atoms with Crippen molar-refractivity contribution in [1.82, 2.24) is 0 Å². The number of aliphatic hydroxyl groups excluding tert-OH is 1. The molecule has 0 aromatic heterocycles. The van der Waals surface area contributed by atoms with E-state index in [1.165, 1.54) is 44.9 Å². The third kappa shape index (κ3) is 12.2. The second kappa shape index (κ2) is 11.0. The monoisotopic (exact) mass is 244 g/mol. The summed E-state index contributed by atoms with van der Waals surface area (Å²) < 4.78 is 5.75. The van der Waals surface area contributed by atoms with Gasteiger partial charge in [0.15, 0.2) is 0 Å². The molecular weight excluding hydrogens is 212 g/mol. The molecule has 0 rings (SSSR count). The molecule has 0 atom stereocenters. The van der Waals surface area contributed by atoms with Gasteiger partial charge in [0.2, 0.25) is 0 Å². The quantitative estimate of drug-likeness (QED) is 0.518. The smallest absolute Gasteiger partial charge is 0.0648 e. The number of ether oxygens (including phenoxy) is 1. The van der Waals surface area contributed by atoms with Gasteiger partial charge in [0.25, 0.3) is 0 Å². The lowest BCUT2D eigenvalue weighted by atomic mass is 10.1. The second-order valence-corrected chi connectivity index (χ2v) is 5.56. The molecule has 0 unspecified atom stereocenters. The molecule has 0 spiro atoms. The summed E-state index contributed by atoms with van der Waals surface area (Å²) in [7, 11) is 0. The fourth-order valence-electron chi connectivity index (χ4n) is 1.93. The standard InChI is InChI=1S/C15H32O2/c1-4-5-6-7-8-9-10-11-14-17-15(2,3)12-13-16/h16H,4-14H2,1-3H3. The van der Waals surface area contributed by atoms with Crippen LogP contribution in [0.25, 0.3) is 0 Å². The molecule has 0 aliphatic rings. The van der Waals surface area contributed by atoms with Crippen LogP contribution in [0, 0.1) is 0 Å². The zero-order valence-corrected chi connectivity index (χ0v) is 12.1. The molecule has 2 nitrogen and oxygen atoms in total. The second-order valence-electron chi connectivity index (χ2n) is 5.56. The van der Waals surface area contributed by atoms with Crippen molar-refractivity contribution < 1.29 is 9.84 Å². The molecule has 0 amide bonds. The van der Waals surface area contributed by atoms with Gasteiger partial charge in [-0.15, -0.1) is 0 Å². The lowest BCUT2D eigenvalue weighted by molar-refractivity contribution is -0.0340. The van der Waals surface area contributed by atoms with Crippen molar-refractivity contribution in [2.75, 3.05) is 13.2 Å². The van der Waals surface area contributed by atoms with Crippen molar-refractivity contribution in [2.24, 2.45) is 0 Å². The van der Waals surface area contributed by atoms with Crippen molar-refractivity contribution in [3.8, 4) is 0 Å². The molecule has 2 heteroatoms. The van der Waals surface area contributed by atoms with Gasteiger partial charge in [0.05, 0.1) is 5.60 Å². The SMILES string of the molecule is CCCCCCCCCCOC(C)(C)CCO. The van der Waals surface area contributed by atoms with Gasteiger partial charge in [0.1, 0.15) is 0 Å². The van der Waals surface area contributed by atoms with E-state index in [9.17, 15) is 0 Å². The Bertz CT molecular complexity index is 155. The van der Waals surface area contributed by atoms with Crippen LogP contribution in [0.2, 0.25) is 0 Å². The summed E-state index contributed by atoms with van der Waals surface area (Å²) in [5, 5.41) is 8.87. The first-order valence-electron chi connectivity index (χ1n) is 7.37. The van der Waals surface area contributed by atoms with Gasteiger partial charge in [-0.1, -0.05) is 51.9 Å². The minimum Gasteiger partial charge on any atom is -0.396 e. The van der Waals surface area contributed by atoms with Gasteiger partial charge in [-0.25, -0.2) is 0 Å². The summed E-state index contributed by atoms with van der Waals surface area (Å²) in [6.45, 7) is 7.40. The van der Waals surface area contributed by atoms with Crippen molar-refractivity contribution in [3.63, 3.8) is 0 Å². The average molecular weight is 244 g/mol. The van der Waals surface area contributed by atoms with Crippen molar-refractivity contribution in [2.45, 2.75) is 84.2 Å². The first kappa shape index (κ1) is 16.9. The predicted octanol–water partition coefficient (Wildman–Crippen LogP) is 4.30. The first-order valence-corrected chi connectivity index (χ1v) is 7.37. The van der Waals surface area contributed by atoms with Gasteiger partial charge in [-0.2, -0.15) is 0 Å². The largest absolute Gasteiger partial charge is 0.396 e. The maximum absolute atomic E-state index is 8.87. The molecule has 104 valence electrons. The molecule has 1 N–H and O–H groups in total. The first-order chi connectivity index (χ1) is 8.12. The highest BCUT2D eigenvalue weighted by molar-refractivity contribution is 4.67. The minimum atomic E-state index is -0.157. The molecule has 17 heavy (non-hydrogen) atoms. The number of aliphatic hydroxyl groups is 1. The van der Waals surface area contributed by atoms with Crippen molar-refractivity contribution in [1.29, 1.82) is 0 Å². The van der Waals surface area contributed by atoms with Crippen LogP contribution >= 0.6 is 0 Å². The normalized spacial score (nSPS) is 12.0. The molecule has 0 bridgehead atoms. The van der Waals surface area contributed by atoms with Crippen LogP contribution in [0.4, 0.5) is 0 Å². The van der Waals surface area contributed by atoms with E-state index in [0.717, 1.165) is 19.4 Å². The number of hydrogen-bond donors (Lipinski definition) is 1. The molecule has 0 fully saturated rings. The molecule has 0 aromatic carbocycles. The zero-order valence-electron chi connectivity index (χ0n) is 12.1. The van der Waals surface area contributed by atoms with E-state index >= 15 is 0 Å². The van der Waals surface area contributed by atoms with E-state index in [1.807, 2.05) is 13.8 Å². The Kier molecular flexibility index (Phi) is 11.0. The highest BCUT2D eigenvalue weighted by atomic mass is 16.5. The van der Waals surface area contributed by atoms with Crippen molar-refractivity contribution in [3.05, 3.63) is 0 Å². The summed E-state index contributed by atoms with van der Waals surface area (Å²) >= 11 is 0. The maximum Gasteiger partial charge on any atom is 0.0648 e. The Balaban J connectivity index is 3.18. The molecule has 0 radical (unpaired) electrons. The Morgan fingerprint density at radius 1 is 0.882 bits per heavy atom. The lowest BCUT2D eigenvalue weighted by Gasteiger charge is -2.24. The topological polar surface area (TPSA) is 29.5 Å². The van der Waals surface area contributed by atoms with Crippen LogP contribution in [0.5, 0.6) is 0 Å². The predicted molar refractivity (Wildman–Crippen MR) is 74.3 cm³/mol. The van der Waals surface area contributed by atoms with Gasteiger partial charge in [0, 0.05) is 13.2 Å². The van der Waals surface area contributed by atoms with Crippen LogP contribution in [0.15, 0.2) is 0 Å². The Labute approximate surface area is 108 Å². The summed E-state index contributed by atoms with van der Waals surface area (Å²) in [5.41, 5.74) is -0.157. The average Bonchev–Trinajstić information content (AvgIpc) is 2.27.